The lowest BCUT2D eigenvalue weighted by molar-refractivity contribution is -0.122. The zero-order valence-corrected chi connectivity index (χ0v) is 17.8. The second-order valence-corrected chi connectivity index (χ2v) is 5.83. The molecule has 8 heteroatoms. The van der Waals surface area contributed by atoms with Crippen LogP contribution in [-0.4, -0.2) is 39.2 Å². The van der Waals surface area contributed by atoms with Gasteiger partial charge in [0.2, 0.25) is 0 Å². The fraction of sp³-hybridized carbons (Fsp3) is 0.300. The molecule has 2 rings (SSSR count). The molecule has 4 N–H and O–H groups in total. The molecule has 0 bridgehead atoms. The van der Waals surface area contributed by atoms with E-state index >= 15 is 0 Å². The van der Waals surface area contributed by atoms with Crippen LogP contribution in [0.3, 0.4) is 0 Å². The first-order chi connectivity index (χ1) is 13.1. The molecular weight excluding hydrogens is 424 g/mol. The second kappa shape index (κ2) is 12.6. The highest BCUT2D eigenvalue weighted by atomic mass is 79.9. The van der Waals surface area contributed by atoms with Crippen LogP contribution in [-0.2, 0) is 17.8 Å². The molecule has 0 radical (unpaired) electrons. The molecule has 0 saturated carbocycles. The molecule has 28 heavy (non-hydrogen) atoms. The van der Waals surface area contributed by atoms with Crippen LogP contribution in [0.1, 0.15) is 11.1 Å². The minimum absolute atomic E-state index is 0. The molecule has 0 atom stereocenters. The van der Waals surface area contributed by atoms with Crippen molar-refractivity contribution in [2.24, 2.45) is 10.7 Å². The van der Waals surface area contributed by atoms with E-state index in [0.29, 0.717) is 24.8 Å². The monoisotopic (exact) mass is 450 g/mol. The van der Waals surface area contributed by atoms with Crippen LogP contribution in [0.4, 0.5) is 0 Å². The van der Waals surface area contributed by atoms with Crippen LogP contribution in [0.2, 0.25) is 0 Å². The molecular formula is C20H27BrN4O3. The summed E-state index contributed by atoms with van der Waals surface area (Å²) < 4.78 is 10.5. The molecule has 0 fully saturated rings. The Labute approximate surface area is 176 Å². The number of halogens is 1. The zero-order chi connectivity index (χ0) is 19.5. The van der Waals surface area contributed by atoms with Crippen LogP contribution in [0.5, 0.6) is 11.5 Å². The number of nitrogens with zero attached hydrogens (tertiary/aromatic N) is 1. The van der Waals surface area contributed by atoms with Crippen molar-refractivity contribution in [2.45, 2.75) is 13.0 Å². The maximum atomic E-state index is 11.2. The summed E-state index contributed by atoms with van der Waals surface area (Å²) >= 11 is 0. The molecule has 0 saturated heterocycles. The van der Waals surface area contributed by atoms with Gasteiger partial charge in [-0.3, -0.25) is 4.79 Å². The number of carbonyl (C=O) groups excluding carboxylic acids is 1. The van der Waals surface area contributed by atoms with Crippen LogP contribution >= 0.6 is 17.0 Å². The number of ether oxygens (including phenoxy) is 2. The van der Waals surface area contributed by atoms with Crippen molar-refractivity contribution in [3.05, 3.63) is 59.7 Å². The Morgan fingerprint density at radius 1 is 1.04 bits per heavy atom. The second-order valence-electron chi connectivity index (χ2n) is 5.83. The van der Waals surface area contributed by atoms with Crippen LogP contribution in [0, 0.1) is 0 Å². The van der Waals surface area contributed by atoms with Gasteiger partial charge in [0.1, 0.15) is 11.5 Å². The fourth-order valence-corrected chi connectivity index (χ4v) is 2.27. The zero-order valence-electron chi connectivity index (χ0n) is 16.1. The topological polar surface area (TPSA) is 98.0 Å². The number of aliphatic imine (C=N–C) groups is 1. The summed E-state index contributed by atoms with van der Waals surface area (Å²) in [5.41, 5.74) is 8.11. The predicted molar refractivity (Wildman–Crippen MR) is 116 cm³/mol. The molecule has 0 spiro atoms. The third-order valence-corrected chi connectivity index (χ3v) is 3.88. The van der Waals surface area contributed by atoms with Crippen molar-refractivity contribution in [1.82, 2.24) is 10.6 Å². The third kappa shape index (κ3) is 8.30. The number of benzene rings is 2. The number of nitrogens with one attached hydrogen (secondary N) is 2. The molecule has 0 aliphatic heterocycles. The Bertz CT molecular complexity index is 749. The maximum Gasteiger partial charge on any atom is 0.257 e. The molecule has 0 heterocycles. The molecule has 0 aliphatic carbocycles. The van der Waals surface area contributed by atoms with Gasteiger partial charge in [0, 0.05) is 13.6 Å². The average Bonchev–Trinajstić information content (AvgIpc) is 2.71. The first-order valence-electron chi connectivity index (χ1n) is 8.69. The first kappa shape index (κ1) is 23.3. The van der Waals surface area contributed by atoms with Crippen molar-refractivity contribution in [2.75, 3.05) is 27.3 Å². The largest absolute Gasteiger partial charge is 0.497 e. The Morgan fingerprint density at radius 3 is 2.25 bits per heavy atom. The number of hydrogen-bond donors (Lipinski definition) is 3. The Morgan fingerprint density at radius 2 is 1.64 bits per heavy atom. The lowest BCUT2D eigenvalue weighted by Crippen LogP contribution is -2.33. The lowest BCUT2D eigenvalue weighted by atomic mass is 10.1. The number of nitrogens with two attached hydrogens (primary N) is 1. The summed E-state index contributed by atoms with van der Waals surface area (Å²) in [5, 5.41) is 5.61. The van der Waals surface area contributed by atoms with Crippen molar-refractivity contribution in [3.8, 4) is 11.5 Å². The van der Waals surface area contributed by atoms with Gasteiger partial charge in [0.25, 0.3) is 5.91 Å². The van der Waals surface area contributed by atoms with E-state index < -0.39 is 0 Å². The number of guanidine groups is 1. The van der Waals surface area contributed by atoms with Crippen molar-refractivity contribution in [1.29, 1.82) is 0 Å². The molecule has 152 valence electrons. The van der Waals surface area contributed by atoms with Gasteiger partial charge in [-0.1, -0.05) is 24.3 Å². The van der Waals surface area contributed by atoms with Gasteiger partial charge in [-0.05, 0) is 41.8 Å². The summed E-state index contributed by atoms with van der Waals surface area (Å²) in [5.74, 6) is 1.72. The van der Waals surface area contributed by atoms with E-state index in [9.17, 15) is 4.79 Å². The van der Waals surface area contributed by atoms with Gasteiger partial charge in [-0.15, -0.1) is 17.0 Å². The molecule has 1 amide bonds. The minimum atomic E-state index is -0.169. The molecule has 0 unspecified atom stereocenters. The number of likely N-dealkylation sites (N-methyl/N-ethyl adjacent to an activating group) is 1. The quantitative estimate of drug-likeness (QED) is 0.401. The van der Waals surface area contributed by atoms with E-state index in [1.807, 2.05) is 36.4 Å². The molecule has 7 nitrogen and oxygen atoms in total. The summed E-state index contributed by atoms with van der Waals surface area (Å²) in [4.78, 5) is 15.5. The fourth-order valence-electron chi connectivity index (χ4n) is 2.27. The van der Waals surface area contributed by atoms with Crippen LogP contribution in [0.25, 0.3) is 0 Å². The predicted octanol–water partition coefficient (Wildman–Crippen LogP) is 2.04. The van der Waals surface area contributed by atoms with E-state index in [2.05, 4.69) is 15.6 Å². The number of amides is 1. The van der Waals surface area contributed by atoms with Crippen LogP contribution < -0.4 is 25.8 Å². The van der Waals surface area contributed by atoms with Gasteiger partial charge in [-0.25, -0.2) is 4.99 Å². The van der Waals surface area contributed by atoms with E-state index in [1.54, 1.807) is 26.3 Å². The summed E-state index contributed by atoms with van der Waals surface area (Å²) in [6, 6.07) is 15.3. The van der Waals surface area contributed by atoms with Crippen molar-refractivity contribution >= 4 is 28.8 Å². The van der Waals surface area contributed by atoms with Gasteiger partial charge in [-0.2, -0.15) is 0 Å². The van der Waals surface area contributed by atoms with E-state index in [0.717, 1.165) is 17.7 Å². The number of rotatable bonds is 9. The smallest absolute Gasteiger partial charge is 0.257 e. The third-order valence-electron chi connectivity index (χ3n) is 3.88. The molecule has 0 aliphatic rings. The van der Waals surface area contributed by atoms with Gasteiger partial charge in [0.15, 0.2) is 12.6 Å². The molecule has 2 aromatic carbocycles. The first-order valence-corrected chi connectivity index (χ1v) is 8.69. The lowest BCUT2D eigenvalue weighted by Gasteiger charge is -2.07. The SMILES string of the molecule is Br.CNC(=O)COc1ccc(CN=C(N)NCCc2ccc(OC)cc2)cc1. The highest BCUT2D eigenvalue weighted by Crippen LogP contribution is 2.13. The maximum absolute atomic E-state index is 11.2. The normalized spacial score (nSPS) is 10.6. The Kier molecular flexibility index (Phi) is 10.5. The minimum Gasteiger partial charge on any atom is -0.497 e. The highest BCUT2D eigenvalue weighted by molar-refractivity contribution is 8.93. The van der Waals surface area contributed by atoms with Crippen molar-refractivity contribution in [3.63, 3.8) is 0 Å². The van der Waals surface area contributed by atoms with E-state index in [-0.39, 0.29) is 29.5 Å². The standard InChI is InChI=1S/C20H26N4O3.BrH/c1-22-19(25)14-27-18-9-5-16(6-10-18)13-24-20(21)23-12-11-15-3-7-17(26-2)8-4-15;/h3-10H,11-14H2,1-2H3,(H,22,25)(H3,21,23,24);1H. The number of methoxy groups -OCH3 is 1. The van der Waals surface area contributed by atoms with E-state index in [4.69, 9.17) is 15.2 Å². The van der Waals surface area contributed by atoms with Gasteiger partial charge in [0.05, 0.1) is 13.7 Å². The summed E-state index contributed by atoms with van der Waals surface area (Å²) in [6.45, 7) is 1.17. The van der Waals surface area contributed by atoms with E-state index in [1.165, 1.54) is 5.56 Å². The molecule has 2 aromatic rings. The highest BCUT2D eigenvalue weighted by Gasteiger charge is 2.00. The van der Waals surface area contributed by atoms with Gasteiger partial charge >= 0.3 is 0 Å². The summed E-state index contributed by atoms with van der Waals surface area (Å²) in [6.07, 6.45) is 0.845. The molecule has 0 aromatic heterocycles. The van der Waals surface area contributed by atoms with Crippen molar-refractivity contribution < 1.29 is 14.3 Å². The number of hydrogen-bond acceptors (Lipinski definition) is 4. The number of carbonyl (C=O) groups is 1. The summed E-state index contributed by atoms with van der Waals surface area (Å²) in [7, 11) is 3.22. The van der Waals surface area contributed by atoms with Crippen LogP contribution in [0.15, 0.2) is 53.5 Å². The Balaban J connectivity index is 0.00000392. The average molecular weight is 451 g/mol. The Hall–Kier alpha value is -2.74. The van der Waals surface area contributed by atoms with Gasteiger partial charge < -0.3 is 25.8 Å².